The second-order valence-corrected chi connectivity index (χ2v) is 11.2. The smallest absolute Gasteiger partial charge is 0.253 e. The topological polar surface area (TPSA) is 119 Å². The van der Waals surface area contributed by atoms with Gasteiger partial charge in [-0.1, -0.05) is 12.1 Å². The molecular weight excluding hydrogens is 440 g/mol. The Kier molecular flexibility index (Phi) is 6.47. The van der Waals surface area contributed by atoms with Crippen LogP contribution in [0.4, 0.5) is 0 Å². The van der Waals surface area contributed by atoms with Crippen molar-refractivity contribution in [2.75, 3.05) is 40.3 Å². The summed E-state index contributed by atoms with van der Waals surface area (Å²) >= 11 is 0. The van der Waals surface area contributed by atoms with Gasteiger partial charge in [-0.3, -0.25) is 4.79 Å². The highest BCUT2D eigenvalue weighted by atomic mass is 32.2. The highest BCUT2D eigenvalue weighted by Crippen LogP contribution is 2.22. The van der Waals surface area contributed by atoms with Gasteiger partial charge in [-0.25, -0.2) is 21.1 Å². The fourth-order valence-electron chi connectivity index (χ4n) is 3.22. The van der Waals surface area contributed by atoms with Gasteiger partial charge >= 0.3 is 0 Å². The van der Waals surface area contributed by atoms with Crippen LogP contribution in [0.1, 0.15) is 15.9 Å². The van der Waals surface area contributed by atoms with Gasteiger partial charge in [0, 0.05) is 45.8 Å². The molecule has 31 heavy (non-hydrogen) atoms. The van der Waals surface area contributed by atoms with Crippen LogP contribution in [0.3, 0.4) is 0 Å². The Bertz CT molecular complexity index is 1230. The second-order valence-electron chi connectivity index (χ2n) is 7.12. The summed E-state index contributed by atoms with van der Waals surface area (Å²) in [6.07, 6.45) is 0. The first kappa shape index (κ1) is 22.9. The molecule has 2 aromatic carbocycles. The van der Waals surface area contributed by atoms with E-state index in [0.717, 1.165) is 4.31 Å². The predicted octanol–water partition coefficient (Wildman–Crippen LogP) is 0.955. The molecule has 1 aliphatic rings. The Balaban J connectivity index is 1.71. The van der Waals surface area contributed by atoms with Crippen LogP contribution in [-0.4, -0.2) is 76.5 Å². The van der Waals surface area contributed by atoms with Crippen LogP contribution in [0.2, 0.25) is 0 Å². The third-order valence-electron chi connectivity index (χ3n) is 5.03. The molecule has 11 heteroatoms. The number of hydrogen-bond donors (Lipinski definition) is 0. The van der Waals surface area contributed by atoms with Gasteiger partial charge in [0.2, 0.25) is 20.0 Å². The van der Waals surface area contributed by atoms with E-state index >= 15 is 0 Å². The van der Waals surface area contributed by atoms with Crippen molar-refractivity contribution < 1.29 is 21.6 Å². The summed E-state index contributed by atoms with van der Waals surface area (Å²) in [5, 5.41) is 9.19. The molecule has 1 heterocycles. The lowest BCUT2D eigenvalue weighted by Crippen LogP contribution is -2.50. The van der Waals surface area contributed by atoms with Gasteiger partial charge in [-0.2, -0.15) is 9.57 Å². The quantitative estimate of drug-likeness (QED) is 0.653. The molecule has 0 aromatic heterocycles. The number of nitriles is 1. The zero-order chi connectivity index (χ0) is 22.8. The molecule has 1 amide bonds. The Morgan fingerprint density at radius 2 is 1.52 bits per heavy atom. The van der Waals surface area contributed by atoms with E-state index in [1.54, 1.807) is 12.1 Å². The van der Waals surface area contributed by atoms with E-state index in [2.05, 4.69) is 0 Å². The maximum Gasteiger partial charge on any atom is 0.253 e. The molecule has 1 fully saturated rings. The number of rotatable bonds is 5. The molecule has 0 atom stereocenters. The van der Waals surface area contributed by atoms with Crippen LogP contribution in [0, 0.1) is 11.3 Å². The van der Waals surface area contributed by atoms with Gasteiger partial charge in [0.05, 0.1) is 15.4 Å². The number of sulfonamides is 2. The van der Waals surface area contributed by atoms with E-state index in [4.69, 9.17) is 0 Å². The lowest BCUT2D eigenvalue weighted by atomic mass is 10.2. The summed E-state index contributed by atoms with van der Waals surface area (Å²) in [7, 11) is -4.58. The number of benzene rings is 2. The Labute approximate surface area is 182 Å². The van der Waals surface area contributed by atoms with Gasteiger partial charge in [0.25, 0.3) is 5.91 Å². The standard InChI is InChI=1S/C20H22N4O5S2/c1-22(2)30(26,27)18-9-7-16(8-10-18)20(25)23-11-13-24(14-12-23)31(28,29)19-6-4-3-5-17(19)15-21/h3-10H,11-14H2,1-2H3. The van der Waals surface area contributed by atoms with Crippen molar-refractivity contribution in [3.05, 3.63) is 59.7 Å². The van der Waals surface area contributed by atoms with Crippen molar-refractivity contribution in [1.82, 2.24) is 13.5 Å². The van der Waals surface area contributed by atoms with Gasteiger partial charge in [0.15, 0.2) is 0 Å². The van der Waals surface area contributed by atoms with E-state index < -0.39 is 20.0 Å². The average molecular weight is 463 g/mol. The van der Waals surface area contributed by atoms with E-state index in [0.29, 0.717) is 5.56 Å². The van der Waals surface area contributed by atoms with Crippen LogP contribution in [-0.2, 0) is 20.0 Å². The average Bonchev–Trinajstić information content (AvgIpc) is 2.78. The van der Waals surface area contributed by atoms with Crippen LogP contribution >= 0.6 is 0 Å². The molecule has 0 aliphatic carbocycles. The van der Waals surface area contributed by atoms with Gasteiger partial charge in [0.1, 0.15) is 6.07 Å². The number of amides is 1. The molecule has 0 saturated carbocycles. The number of piperazine rings is 1. The third-order valence-corrected chi connectivity index (χ3v) is 8.82. The van der Waals surface area contributed by atoms with Crippen molar-refractivity contribution in [1.29, 1.82) is 5.26 Å². The zero-order valence-corrected chi connectivity index (χ0v) is 18.7. The van der Waals surface area contributed by atoms with Crippen molar-refractivity contribution in [2.24, 2.45) is 0 Å². The minimum atomic E-state index is -3.85. The van der Waals surface area contributed by atoms with E-state index in [1.807, 2.05) is 6.07 Å². The maximum atomic E-state index is 12.9. The number of carbonyl (C=O) groups excluding carboxylic acids is 1. The first-order chi connectivity index (χ1) is 14.6. The predicted molar refractivity (Wildman–Crippen MR) is 113 cm³/mol. The molecule has 9 nitrogen and oxygen atoms in total. The van der Waals surface area contributed by atoms with Crippen molar-refractivity contribution in [2.45, 2.75) is 9.79 Å². The first-order valence-corrected chi connectivity index (χ1v) is 12.3. The Morgan fingerprint density at radius 3 is 2.06 bits per heavy atom. The molecule has 0 N–H and O–H groups in total. The van der Waals surface area contributed by atoms with Crippen molar-refractivity contribution >= 4 is 26.0 Å². The molecule has 0 spiro atoms. The van der Waals surface area contributed by atoms with E-state index in [9.17, 15) is 26.9 Å². The summed E-state index contributed by atoms with van der Waals surface area (Å²) in [6, 6.07) is 13.6. The molecule has 0 radical (unpaired) electrons. The lowest BCUT2D eigenvalue weighted by molar-refractivity contribution is 0.0698. The summed E-state index contributed by atoms with van der Waals surface area (Å²) < 4.78 is 52.5. The molecule has 0 unspecified atom stereocenters. The third kappa shape index (κ3) is 4.47. The molecule has 0 bridgehead atoms. The Hall–Kier alpha value is -2.78. The number of nitrogens with zero attached hydrogens (tertiary/aromatic N) is 4. The first-order valence-electron chi connectivity index (χ1n) is 9.40. The largest absolute Gasteiger partial charge is 0.336 e. The summed E-state index contributed by atoms with van der Waals surface area (Å²) in [5.74, 6) is -0.303. The Morgan fingerprint density at radius 1 is 0.935 bits per heavy atom. The molecule has 1 saturated heterocycles. The minimum Gasteiger partial charge on any atom is -0.336 e. The number of carbonyl (C=O) groups is 1. The minimum absolute atomic E-state index is 0.0463. The highest BCUT2D eigenvalue weighted by molar-refractivity contribution is 7.89. The van der Waals surface area contributed by atoms with Crippen LogP contribution in [0.25, 0.3) is 0 Å². The van der Waals surface area contributed by atoms with Gasteiger partial charge < -0.3 is 4.90 Å². The van der Waals surface area contributed by atoms with E-state index in [-0.39, 0.29) is 47.4 Å². The van der Waals surface area contributed by atoms with Crippen molar-refractivity contribution in [3.63, 3.8) is 0 Å². The highest BCUT2D eigenvalue weighted by Gasteiger charge is 2.32. The molecule has 3 rings (SSSR count). The van der Waals surface area contributed by atoms with Crippen LogP contribution in [0.15, 0.2) is 58.3 Å². The molecule has 164 valence electrons. The maximum absolute atomic E-state index is 12.9. The summed E-state index contributed by atoms with van der Waals surface area (Å²) in [4.78, 5) is 14.3. The second kappa shape index (κ2) is 8.76. The SMILES string of the molecule is CN(C)S(=O)(=O)c1ccc(C(=O)N2CCN(S(=O)(=O)c3ccccc3C#N)CC2)cc1. The normalized spacial score (nSPS) is 15.6. The van der Waals surface area contributed by atoms with Crippen LogP contribution < -0.4 is 0 Å². The molecule has 2 aromatic rings. The fourth-order valence-corrected chi connectivity index (χ4v) is 5.68. The van der Waals surface area contributed by atoms with Crippen molar-refractivity contribution in [3.8, 4) is 6.07 Å². The van der Waals surface area contributed by atoms with Gasteiger partial charge in [-0.15, -0.1) is 0 Å². The lowest BCUT2D eigenvalue weighted by Gasteiger charge is -2.34. The monoisotopic (exact) mass is 462 g/mol. The van der Waals surface area contributed by atoms with Crippen LogP contribution in [0.5, 0.6) is 0 Å². The summed E-state index contributed by atoms with van der Waals surface area (Å²) in [6.45, 7) is 0.566. The number of hydrogen-bond acceptors (Lipinski definition) is 6. The summed E-state index contributed by atoms with van der Waals surface area (Å²) in [5.41, 5.74) is 0.401. The fraction of sp³-hybridized carbons (Fsp3) is 0.300. The molecular formula is C20H22N4O5S2. The van der Waals surface area contributed by atoms with Gasteiger partial charge in [-0.05, 0) is 36.4 Å². The zero-order valence-electron chi connectivity index (χ0n) is 17.1. The molecule has 1 aliphatic heterocycles. The van der Waals surface area contributed by atoms with E-state index in [1.165, 1.54) is 59.7 Å².